The molecule has 1 N–H and O–H groups in total. The summed E-state index contributed by atoms with van der Waals surface area (Å²) in [5, 5.41) is 6.43. The Morgan fingerprint density at radius 2 is 2.53 bits per heavy atom. The second-order valence-corrected chi connectivity index (χ2v) is 4.03. The topological polar surface area (TPSA) is 75.3 Å². The van der Waals surface area contributed by atoms with Gasteiger partial charge in [-0.2, -0.15) is 5.10 Å². The summed E-state index contributed by atoms with van der Waals surface area (Å²) in [6.07, 6.45) is 4.21. The van der Waals surface area contributed by atoms with Crippen LogP contribution in [0.4, 0.5) is 5.69 Å². The SMILES string of the molecule is CCCOC(=O)[C@H]1CC(=O)N(c2cn[nH]c2)C1. The highest BCUT2D eigenvalue weighted by Gasteiger charge is 2.36. The van der Waals surface area contributed by atoms with Crippen molar-refractivity contribution in [1.29, 1.82) is 0 Å². The number of H-pyrrole nitrogens is 1. The van der Waals surface area contributed by atoms with Crippen LogP contribution in [0.1, 0.15) is 19.8 Å². The molecule has 1 amide bonds. The summed E-state index contributed by atoms with van der Waals surface area (Å²) < 4.78 is 5.05. The lowest BCUT2D eigenvalue weighted by Gasteiger charge is -2.13. The number of esters is 1. The van der Waals surface area contributed by atoms with Crippen LogP contribution in [-0.4, -0.2) is 35.2 Å². The minimum atomic E-state index is -0.357. The molecule has 17 heavy (non-hydrogen) atoms. The van der Waals surface area contributed by atoms with E-state index < -0.39 is 0 Å². The van der Waals surface area contributed by atoms with Crippen molar-refractivity contribution in [3.05, 3.63) is 12.4 Å². The molecule has 0 bridgehead atoms. The Kier molecular flexibility index (Phi) is 3.41. The van der Waals surface area contributed by atoms with Gasteiger partial charge in [0, 0.05) is 19.2 Å². The zero-order valence-electron chi connectivity index (χ0n) is 9.68. The summed E-state index contributed by atoms with van der Waals surface area (Å²) in [4.78, 5) is 24.9. The van der Waals surface area contributed by atoms with Crippen molar-refractivity contribution in [1.82, 2.24) is 10.2 Å². The van der Waals surface area contributed by atoms with Gasteiger partial charge in [-0.05, 0) is 6.42 Å². The molecule has 2 rings (SSSR count). The molecule has 1 fully saturated rings. The van der Waals surface area contributed by atoms with Crippen LogP contribution in [0.2, 0.25) is 0 Å². The molecule has 1 atom stereocenters. The molecule has 1 aliphatic rings. The maximum absolute atomic E-state index is 11.7. The predicted octanol–water partition coefficient (Wildman–Crippen LogP) is 0.716. The van der Waals surface area contributed by atoms with E-state index >= 15 is 0 Å². The molecule has 0 aromatic carbocycles. The Bertz CT molecular complexity index is 402. The fraction of sp³-hybridized carbons (Fsp3) is 0.545. The molecular weight excluding hydrogens is 222 g/mol. The van der Waals surface area contributed by atoms with Gasteiger partial charge in [0.25, 0.3) is 0 Å². The summed E-state index contributed by atoms with van der Waals surface area (Å²) in [5.74, 6) is -0.708. The van der Waals surface area contributed by atoms with E-state index in [0.29, 0.717) is 18.8 Å². The summed E-state index contributed by atoms with van der Waals surface area (Å²) >= 11 is 0. The van der Waals surface area contributed by atoms with Crippen LogP contribution in [0.15, 0.2) is 12.4 Å². The first-order valence-electron chi connectivity index (χ1n) is 5.68. The maximum Gasteiger partial charge on any atom is 0.311 e. The summed E-state index contributed by atoms with van der Waals surface area (Å²) in [6, 6.07) is 0. The number of anilines is 1. The van der Waals surface area contributed by atoms with Gasteiger partial charge >= 0.3 is 5.97 Å². The van der Waals surface area contributed by atoms with Crippen molar-refractivity contribution in [3.63, 3.8) is 0 Å². The van der Waals surface area contributed by atoms with Gasteiger partial charge in [-0.25, -0.2) is 0 Å². The van der Waals surface area contributed by atoms with Gasteiger partial charge in [0.05, 0.1) is 24.4 Å². The van der Waals surface area contributed by atoms with Gasteiger partial charge in [0.2, 0.25) is 5.91 Å². The number of ether oxygens (including phenoxy) is 1. The monoisotopic (exact) mass is 237 g/mol. The number of amides is 1. The first-order valence-corrected chi connectivity index (χ1v) is 5.68. The van der Waals surface area contributed by atoms with Gasteiger partial charge in [-0.1, -0.05) is 6.92 Å². The maximum atomic E-state index is 11.7. The number of aromatic amines is 1. The first-order chi connectivity index (χ1) is 8.22. The van der Waals surface area contributed by atoms with Crippen LogP contribution in [0.25, 0.3) is 0 Å². The minimum absolute atomic E-state index is 0.0650. The van der Waals surface area contributed by atoms with Crippen molar-refractivity contribution in [2.45, 2.75) is 19.8 Å². The summed E-state index contributed by atoms with van der Waals surface area (Å²) in [5.41, 5.74) is 0.695. The van der Waals surface area contributed by atoms with E-state index in [1.165, 1.54) is 0 Å². The average molecular weight is 237 g/mol. The van der Waals surface area contributed by atoms with E-state index in [1.807, 2.05) is 6.92 Å². The number of rotatable bonds is 4. The Balaban J connectivity index is 1.97. The lowest BCUT2D eigenvalue weighted by molar-refractivity contribution is -0.148. The van der Waals surface area contributed by atoms with Crippen LogP contribution in [0.5, 0.6) is 0 Å². The van der Waals surface area contributed by atoms with Crippen molar-refractivity contribution in [3.8, 4) is 0 Å². The molecule has 0 saturated carbocycles. The van der Waals surface area contributed by atoms with Crippen LogP contribution in [0, 0.1) is 5.92 Å². The number of carbonyl (C=O) groups excluding carboxylic acids is 2. The number of nitrogens with zero attached hydrogens (tertiary/aromatic N) is 2. The fourth-order valence-electron chi connectivity index (χ4n) is 1.83. The van der Waals surface area contributed by atoms with E-state index in [1.54, 1.807) is 17.3 Å². The van der Waals surface area contributed by atoms with Gasteiger partial charge < -0.3 is 9.64 Å². The molecule has 1 aromatic heterocycles. The van der Waals surface area contributed by atoms with Crippen LogP contribution < -0.4 is 4.90 Å². The number of nitrogens with one attached hydrogen (secondary N) is 1. The lowest BCUT2D eigenvalue weighted by Crippen LogP contribution is -2.26. The molecular formula is C11H15N3O3. The quantitative estimate of drug-likeness (QED) is 0.783. The largest absolute Gasteiger partial charge is 0.465 e. The Morgan fingerprint density at radius 3 is 3.18 bits per heavy atom. The van der Waals surface area contributed by atoms with E-state index in [0.717, 1.165) is 6.42 Å². The third-order valence-corrected chi connectivity index (χ3v) is 2.70. The molecule has 92 valence electrons. The van der Waals surface area contributed by atoms with Crippen molar-refractivity contribution in [2.75, 3.05) is 18.1 Å². The average Bonchev–Trinajstić information content (AvgIpc) is 2.94. The predicted molar refractivity (Wildman–Crippen MR) is 60.3 cm³/mol. The van der Waals surface area contributed by atoms with Gasteiger partial charge in [-0.3, -0.25) is 14.7 Å². The fourth-order valence-corrected chi connectivity index (χ4v) is 1.83. The van der Waals surface area contributed by atoms with Gasteiger partial charge in [0.15, 0.2) is 0 Å². The molecule has 6 nitrogen and oxygen atoms in total. The van der Waals surface area contributed by atoms with Crippen molar-refractivity contribution in [2.24, 2.45) is 5.92 Å². The highest BCUT2D eigenvalue weighted by molar-refractivity contribution is 5.99. The molecule has 0 spiro atoms. The number of aromatic nitrogens is 2. The zero-order chi connectivity index (χ0) is 12.3. The Morgan fingerprint density at radius 1 is 1.71 bits per heavy atom. The molecule has 1 aliphatic heterocycles. The van der Waals surface area contributed by atoms with Gasteiger partial charge in [-0.15, -0.1) is 0 Å². The van der Waals surface area contributed by atoms with Gasteiger partial charge in [0.1, 0.15) is 0 Å². The molecule has 0 radical (unpaired) electrons. The number of hydrogen-bond acceptors (Lipinski definition) is 4. The van der Waals surface area contributed by atoms with E-state index in [2.05, 4.69) is 10.2 Å². The Hall–Kier alpha value is -1.85. The minimum Gasteiger partial charge on any atom is -0.465 e. The highest BCUT2D eigenvalue weighted by atomic mass is 16.5. The third-order valence-electron chi connectivity index (χ3n) is 2.70. The molecule has 1 aromatic rings. The summed E-state index contributed by atoms with van der Waals surface area (Å²) in [6.45, 7) is 2.72. The molecule has 1 saturated heterocycles. The third kappa shape index (κ3) is 2.46. The second-order valence-electron chi connectivity index (χ2n) is 4.03. The Labute approximate surface area is 98.9 Å². The van der Waals surface area contributed by atoms with Crippen molar-refractivity contribution < 1.29 is 14.3 Å². The standard InChI is InChI=1S/C11H15N3O3/c1-2-3-17-11(16)8-4-10(15)14(7-8)9-5-12-13-6-9/h5-6,8H,2-4,7H2,1H3,(H,12,13)/t8-/m0/s1. The molecule has 0 unspecified atom stereocenters. The van der Waals surface area contributed by atoms with E-state index in [9.17, 15) is 9.59 Å². The molecule has 0 aliphatic carbocycles. The van der Waals surface area contributed by atoms with E-state index in [-0.39, 0.29) is 24.2 Å². The normalized spacial score (nSPS) is 19.7. The second kappa shape index (κ2) is 4.99. The zero-order valence-corrected chi connectivity index (χ0v) is 9.68. The first kappa shape index (κ1) is 11.6. The number of carbonyl (C=O) groups is 2. The molecule has 2 heterocycles. The lowest BCUT2D eigenvalue weighted by atomic mass is 10.1. The highest BCUT2D eigenvalue weighted by Crippen LogP contribution is 2.24. The smallest absolute Gasteiger partial charge is 0.311 e. The van der Waals surface area contributed by atoms with Crippen molar-refractivity contribution >= 4 is 17.6 Å². The number of hydrogen-bond donors (Lipinski definition) is 1. The van der Waals surface area contributed by atoms with Crippen LogP contribution in [-0.2, 0) is 14.3 Å². The van der Waals surface area contributed by atoms with Crippen LogP contribution >= 0.6 is 0 Å². The van der Waals surface area contributed by atoms with E-state index in [4.69, 9.17) is 4.74 Å². The summed E-state index contributed by atoms with van der Waals surface area (Å²) in [7, 11) is 0. The molecule has 6 heteroatoms. The van der Waals surface area contributed by atoms with Crippen LogP contribution in [0.3, 0.4) is 0 Å².